The van der Waals surface area contributed by atoms with E-state index in [4.69, 9.17) is 4.55 Å². The highest BCUT2D eigenvalue weighted by Crippen LogP contribution is 2.23. The molecule has 0 fully saturated rings. The van der Waals surface area contributed by atoms with Gasteiger partial charge in [-0.15, -0.1) is 10.2 Å². The van der Waals surface area contributed by atoms with Gasteiger partial charge in [-0.2, -0.15) is 16.8 Å². The van der Waals surface area contributed by atoms with Gasteiger partial charge in [0.25, 0.3) is 26.1 Å². The van der Waals surface area contributed by atoms with Gasteiger partial charge in [0.15, 0.2) is 5.71 Å². The molecule has 1 aliphatic rings. The number of Topliss-reactive ketones (excluding diaryl/α,β-unsaturated/α-hetero) is 1. The van der Waals surface area contributed by atoms with Crippen molar-refractivity contribution in [3.63, 3.8) is 0 Å². The summed E-state index contributed by atoms with van der Waals surface area (Å²) in [4.78, 5) is 21.7. The van der Waals surface area contributed by atoms with Crippen LogP contribution in [0, 0.1) is 0 Å². The number of hydrogen-bond donors (Lipinski definition) is 3. The Hall–Kier alpha value is -2.48. The van der Waals surface area contributed by atoms with Gasteiger partial charge in [-0.3, -0.25) is 18.7 Å². The van der Waals surface area contributed by atoms with E-state index in [1.807, 2.05) is 0 Å². The maximum Gasteiger partial charge on any atom is 0.295 e. The lowest BCUT2D eigenvalue weighted by Gasteiger charge is -2.08. The number of ketones is 1. The first-order valence-corrected chi connectivity index (χ1v) is 8.86. The van der Waals surface area contributed by atoms with Crippen molar-refractivity contribution in [2.24, 2.45) is 10.2 Å². The number of nitrogens with zero attached hydrogens (tertiary/aromatic N) is 2. The second-order valence-electron chi connectivity index (χ2n) is 4.41. The zero-order valence-corrected chi connectivity index (χ0v) is 13.4. The van der Waals surface area contributed by atoms with E-state index >= 15 is 0 Å². The Morgan fingerprint density at radius 2 is 1.71 bits per heavy atom. The molecule has 0 spiro atoms. The van der Waals surface area contributed by atoms with Crippen molar-refractivity contribution in [2.75, 3.05) is 7.05 Å². The Morgan fingerprint density at radius 1 is 1.08 bits per heavy atom. The molecule has 0 saturated carbocycles. The number of carbonyl (C=O) groups excluding carboxylic acids is 2. The van der Waals surface area contributed by atoms with Crippen molar-refractivity contribution >= 4 is 43.4 Å². The number of rotatable bonds is 4. The van der Waals surface area contributed by atoms with Crippen LogP contribution in [0.5, 0.6) is 0 Å². The lowest BCUT2D eigenvalue weighted by atomic mass is 10.0. The van der Waals surface area contributed by atoms with Gasteiger partial charge >= 0.3 is 0 Å². The molecule has 128 valence electrons. The first kappa shape index (κ1) is 17.9. The third kappa shape index (κ3) is 3.23. The Kier molecular flexibility index (Phi) is 4.36. The molecule has 24 heavy (non-hydrogen) atoms. The zero-order chi connectivity index (χ0) is 18.3. The standard InChI is InChI=1S/C11H9N3O8S2/c1-12-11(16)9-10(15)8(13-14-9)6-3-2-5(23(17,18)19)4-7(6)24(20,21)22/h2-4H,1H3,(H,12,16)(H,17,18,19)(H,20,21,22). The summed E-state index contributed by atoms with van der Waals surface area (Å²) in [6.07, 6.45) is 0. The number of amides is 1. The Labute approximate surface area is 135 Å². The minimum atomic E-state index is -4.98. The molecule has 0 radical (unpaired) electrons. The smallest absolute Gasteiger partial charge is 0.295 e. The van der Waals surface area contributed by atoms with E-state index in [-0.39, 0.29) is 0 Å². The highest BCUT2D eigenvalue weighted by Gasteiger charge is 2.34. The maximum absolute atomic E-state index is 12.1. The van der Waals surface area contributed by atoms with Crippen LogP contribution in [0.3, 0.4) is 0 Å². The average Bonchev–Trinajstić information content (AvgIpc) is 2.85. The summed E-state index contributed by atoms with van der Waals surface area (Å²) >= 11 is 0. The van der Waals surface area contributed by atoms with Crippen LogP contribution < -0.4 is 5.32 Å². The second-order valence-corrected chi connectivity index (χ2v) is 7.23. The molecule has 11 nitrogen and oxygen atoms in total. The first-order chi connectivity index (χ1) is 11.0. The fourth-order valence-corrected chi connectivity index (χ4v) is 3.12. The predicted molar refractivity (Wildman–Crippen MR) is 79.1 cm³/mol. The van der Waals surface area contributed by atoms with E-state index in [0.29, 0.717) is 6.07 Å². The van der Waals surface area contributed by atoms with Gasteiger partial charge in [-0.1, -0.05) is 0 Å². The molecule has 0 aliphatic carbocycles. The van der Waals surface area contributed by atoms with Crippen LogP contribution in [-0.4, -0.2) is 56.1 Å². The van der Waals surface area contributed by atoms with E-state index in [1.54, 1.807) is 0 Å². The van der Waals surface area contributed by atoms with Gasteiger partial charge in [0.2, 0.25) is 5.78 Å². The number of benzene rings is 1. The zero-order valence-electron chi connectivity index (χ0n) is 11.8. The second kappa shape index (κ2) is 5.86. The third-order valence-electron chi connectivity index (χ3n) is 2.91. The van der Waals surface area contributed by atoms with Crippen LogP contribution in [0.15, 0.2) is 38.2 Å². The van der Waals surface area contributed by atoms with Crippen molar-refractivity contribution in [2.45, 2.75) is 9.79 Å². The van der Waals surface area contributed by atoms with Crippen molar-refractivity contribution in [3.05, 3.63) is 23.8 Å². The molecule has 2 rings (SSSR count). The van der Waals surface area contributed by atoms with Crippen LogP contribution in [0.1, 0.15) is 5.56 Å². The van der Waals surface area contributed by atoms with E-state index in [9.17, 15) is 31.0 Å². The van der Waals surface area contributed by atoms with Gasteiger partial charge in [0.1, 0.15) is 10.6 Å². The maximum atomic E-state index is 12.1. The fourth-order valence-electron chi connectivity index (χ4n) is 1.82. The van der Waals surface area contributed by atoms with E-state index in [0.717, 1.165) is 12.1 Å². The van der Waals surface area contributed by atoms with Gasteiger partial charge in [-0.25, -0.2) is 0 Å². The molecule has 1 amide bonds. The van der Waals surface area contributed by atoms with Gasteiger partial charge < -0.3 is 5.32 Å². The molecule has 0 bridgehead atoms. The number of carbonyl (C=O) groups is 2. The minimum Gasteiger partial charge on any atom is -0.354 e. The van der Waals surface area contributed by atoms with E-state index in [2.05, 4.69) is 15.5 Å². The molecule has 0 atom stereocenters. The summed E-state index contributed by atoms with van der Waals surface area (Å²) < 4.78 is 63.3. The van der Waals surface area contributed by atoms with E-state index < -0.39 is 58.7 Å². The Morgan fingerprint density at radius 3 is 2.21 bits per heavy atom. The summed E-state index contributed by atoms with van der Waals surface area (Å²) in [5.74, 6) is -1.87. The van der Waals surface area contributed by atoms with Crippen molar-refractivity contribution in [1.29, 1.82) is 0 Å². The van der Waals surface area contributed by atoms with Crippen molar-refractivity contribution in [3.8, 4) is 0 Å². The summed E-state index contributed by atoms with van der Waals surface area (Å²) in [6.45, 7) is 0. The molecule has 0 unspecified atom stereocenters. The molecule has 13 heteroatoms. The van der Waals surface area contributed by atoms with Crippen LogP contribution >= 0.6 is 0 Å². The normalized spacial score (nSPS) is 15.0. The van der Waals surface area contributed by atoms with Gasteiger partial charge in [0, 0.05) is 12.6 Å². The summed E-state index contributed by atoms with van der Waals surface area (Å²) in [6, 6.07) is 2.09. The lowest BCUT2D eigenvalue weighted by molar-refractivity contribution is -0.115. The van der Waals surface area contributed by atoms with Crippen molar-refractivity contribution < 1.29 is 35.5 Å². The predicted octanol–water partition coefficient (Wildman–Crippen LogP) is -1.35. The largest absolute Gasteiger partial charge is 0.354 e. The molecule has 3 N–H and O–H groups in total. The van der Waals surface area contributed by atoms with Crippen LogP contribution in [0.4, 0.5) is 0 Å². The minimum absolute atomic E-state index is 0.452. The average molecular weight is 375 g/mol. The monoisotopic (exact) mass is 375 g/mol. The molecule has 1 heterocycles. The molecular weight excluding hydrogens is 366 g/mol. The molecular formula is C11H9N3O8S2. The topological polar surface area (TPSA) is 180 Å². The van der Waals surface area contributed by atoms with Crippen molar-refractivity contribution in [1.82, 2.24) is 5.32 Å². The summed E-state index contributed by atoms with van der Waals surface area (Å²) in [5, 5.41) is 8.89. The molecule has 1 aromatic carbocycles. The quantitative estimate of drug-likeness (QED) is 0.540. The molecule has 1 aromatic rings. The summed E-state index contributed by atoms with van der Waals surface area (Å²) in [5.41, 5.74) is -1.66. The Balaban J connectivity index is 2.62. The number of nitrogens with one attached hydrogen (secondary N) is 1. The van der Waals surface area contributed by atoms with Crippen LogP contribution in [0.25, 0.3) is 0 Å². The molecule has 0 aromatic heterocycles. The van der Waals surface area contributed by atoms with Crippen LogP contribution in [-0.2, 0) is 29.8 Å². The van der Waals surface area contributed by atoms with Gasteiger partial charge in [0.05, 0.1) is 4.90 Å². The van der Waals surface area contributed by atoms with Crippen LogP contribution in [0.2, 0.25) is 0 Å². The first-order valence-electron chi connectivity index (χ1n) is 5.98. The highest BCUT2D eigenvalue weighted by atomic mass is 32.2. The number of hydrogen-bond acceptors (Lipinski definition) is 8. The Bertz CT molecular complexity index is 1020. The third-order valence-corrected chi connectivity index (χ3v) is 4.65. The SMILES string of the molecule is CNC(=O)C1=NN=C(c2ccc(S(=O)(=O)O)cc2S(=O)(=O)O)C1=O. The fraction of sp³-hybridized carbons (Fsp3) is 0.0909. The van der Waals surface area contributed by atoms with Gasteiger partial charge in [-0.05, 0) is 18.2 Å². The highest BCUT2D eigenvalue weighted by molar-refractivity contribution is 7.86. The lowest BCUT2D eigenvalue weighted by Crippen LogP contribution is -2.35. The molecule has 0 saturated heterocycles. The molecule has 1 aliphatic heterocycles. The van der Waals surface area contributed by atoms with E-state index in [1.165, 1.54) is 7.05 Å². The summed E-state index contributed by atoms with van der Waals surface area (Å²) in [7, 11) is -8.50.